The van der Waals surface area contributed by atoms with E-state index in [2.05, 4.69) is 26.1 Å². The van der Waals surface area contributed by atoms with Crippen molar-refractivity contribution in [2.75, 3.05) is 5.32 Å². The molecule has 0 bridgehead atoms. The molecular weight excluding hydrogens is 256 g/mol. The molecule has 0 saturated heterocycles. The van der Waals surface area contributed by atoms with Crippen LogP contribution in [0.15, 0.2) is 18.2 Å². The van der Waals surface area contributed by atoms with E-state index in [4.69, 9.17) is 0 Å². The van der Waals surface area contributed by atoms with Crippen molar-refractivity contribution in [3.8, 4) is 0 Å². The van der Waals surface area contributed by atoms with Gasteiger partial charge in [-0.15, -0.1) is 0 Å². The van der Waals surface area contributed by atoms with Crippen molar-refractivity contribution in [3.63, 3.8) is 0 Å². The molecular formula is C17H25F2N. The lowest BCUT2D eigenvalue weighted by Gasteiger charge is -2.29. The van der Waals surface area contributed by atoms with Crippen LogP contribution in [0.5, 0.6) is 0 Å². The van der Waals surface area contributed by atoms with Gasteiger partial charge in [-0.1, -0.05) is 27.2 Å². The number of anilines is 1. The molecule has 0 heterocycles. The Labute approximate surface area is 120 Å². The molecule has 1 saturated carbocycles. The van der Waals surface area contributed by atoms with Gasteiger partial charge < -0.3 is 5.32 Å². The Morgan fingerprint density at radius 2 is 1.80 bits per heavy atom. The first-order valence-corrected chi connectivity index (χ1v) is 7.58. The Balaban J connectivity index is 1.99. The fraction of sp³-hybridized carbons (Fsp3) is 0.647. The molecule has 20 heavy (non-hydrogen) atoms. The van der Waals surface area contributed by atoms with Crippen LogP contribution in [0.4, 0.5) is 14.5 Å². The molecule has 0 aromatic heterocycles. The van der Waals surface area contributed by atoms with Gasteiger partial charge in [-0.05, 0) is 55.2 Å². The molecule has 3 heteroatoms. The van der Waals surface area contributed by atoms with Crippen LogP contribution in [0.2, 0.25) is 0 Å². The van der Waals surface area contributed by atoms with E-state index in [9.17, 15) is 8.78 Å². The second-order valence-electron chi connectivity index (χ2n) is 7.04. The van der Waals surface area contributed by atoms with Crippen molar-refractivity contribution in [1.29, 1.82) is 0 Å². The summed E-state index contributed by atoms with van der Waals surface area (Å²) in [6.07, 6.45) is 5.59. The van der Waals surface area contributed by atoms with Gasteiger partial charge in [0.25, 0.3) is 0 Å². The zero-order valence-electron chi connectivity index (χ0n) is 12.7. The van der Waals surface area contributed by atoms with Crippen molar-refractivity contribution < 1.29 is 8.78 Å². The number of rotatable bonds is 2. The maximum atomic E-state index is 13.7. The Kier molecular flexibility index (Phi) is 4.66. The van der Waals surface area contributed by atoms with E-state index in [0.717, 1.165) is 31.7 Å². The molecule has 0 radical (unpaired) electrons. The average molecular weight is 281 g/mol. The molecule has 1 N–H and O–H groups in total. The standard InChI is InChI=1S/C17H25F2N/c1-17(2,3)12-5-4-6-14(9-7-12)20-16-11-13(18)8-10-15(16)19/h8,10-12,14,20H,4-7,9H2,1-3H3. The molecule has 1 nitrogen and oxygen atoms in total. The molecule has 0 amide bonds. The van der Waals surface area contributed by atoms with Crippen LogP contribution in [-0.2, 0) is 0 Å². The van der Waals surface area contributed by atoms with E-state index in [1.54, 1.807) is 0 Å². The second kappa shape index (κ2) is 6.11. The second-order valence-corrected chi connectivity index (χ2v) is 7.04. The maximum Gasteiger partial charge on any atom is 0.146 e. The van der Waals surface area contributed by atoms with E-state index in [-0.39, 0.29) is 11.9 Å². The highest BCUT2D eigenvalue weighted by atomic mass is 19.1. The topological polar surface area (TPSA) is 12.0 Å². The first-order valence-electron chi connectivity index (χ1n) is 7.58. The molecule has 2 rings (SSSR count). The van der Waals surface area contributed by atoms with Crippen LogP contribution in [0.1, 0.15) is 52.9 Å². The summed E-state index contributed by atoms with van der Waals surface area (Å²) in [6, 6.07) is 3.84. The molecule has 112 valence electrons. The van der Waals surface area contributed by atoms with Gasteiger partial charge in [0.15, 0.2) is 0 Å². The summed E-state index contributed by atoms with van der Waals surface area (Å²) >= 11 is 0. The third-order valence-electron chi connectivity index (χ3n) is 4.48. The smallest absolute Gasteiger partial charge is 0.146 e. The lowest BCUT2D eigenvalue weighted by molar-refractivity contribution is 0.214. The molecule has 0 aliphatic heterocycles. The van der Waals surface area contributed by atoms with Gasteiger partial charge in [-0.3, -0.25) is 0 Å². The minimum atomic E-state index is -0.393. The molecule has 1 aliphatic rings. The predicted molar refractivity (Wildman–Crippen MR) is 79.8 cm³/mol. The predicted octanol–water partition coefficient (Wildman–Crippen LogP) is 5.37. The van der Waals surface area contributed by atoms with Crippen LogP contribution in [-0.4, -0.2) is 6.04 Å². The highest BCUT2D eigenvalue weighted by Crippen LogP contribution is 2.37. The summed E-state index contributed by atoms with van der Waals surface area (Å²) in [5, 5.41) is 3.19. The van der Waals surface area contributed by atoms with Crippen molar-refractivity contribution >= 4 is 5.69 Å². The normalized spacial score (nSPS) is 24.2. The minimum absolute atomic E-state index is 0.249. The Morgan fingerprint density at radius 1 is 1.05 bits per heavy atom. The first kappa shape index (κ1) is 15.3. The summed E-state index contributed by atoms with van der Waals surface area (Å²) in [6.45, 7) is 6.87. The highest BCUT2D eigenvalue weighted by molar-refractivity contribution is 5.45. The molecule has 2 unspecified atom stereocenters. The Hall–Kier alpha value is -1.12. The number of hydrogen-bond donors (Lipinski definition) is 1. The van der Waals surface area contributed by atoms with Gasteiger partial charge in [0.1, 0.15) is 11.6 Å². The molecule has 1 aromatic rings. The first-order chi connectivity index (χ1) is 9.36. The molecule has 1 aliphatic carbocycles. The number of benzene rings is 1. The van der Waals surface area contributed by atoms with Crippen molar-refractivity contribution in [3.05, 3.63) is 29.8 Å². The van der Waals surface area contributed by atoms with Gasteiger partial charge in [0.2, 0.25) is 0 Å². The van der Waals surface area contributed by atoms with Crippen molar-refractivity contribution in [2.24, 2.45) is 11.3 Å². The van der Waals surface area contributed by atoms with E-state index >= 15 is 0 Å². The lowest BCUT2D eigenvalue weighted by Crippen LogP contribution is -2.22. The van der Waals surface area contributed by atoms with Crippen molar-refractivity contribution in [1.82, 2.24) is 0 Å². The molecule has 1 fully saturated rings. The summed E-state index contributed by atoms with van der Waals surface area (Å²) < 4.78 is 26.9. The van der Waals surface area contributed by atoms with E-state index in [1.807, 2.05) is 0 Å². The zero-order valence-corrected chi connectivity index (χ0v) is 12.7. The van der Waals surface area contributed by atoms with Crippen LogP contribution < -0.4 is 5.32 Å². The monoisotopic (exact) mass is 281 g/mol. The number of hydrogen-bond acceptors (Lipinski definition) is 1. The van der Waals surface area contributed by atoms with Gasteiger partial charge >= 0.3 is 0 Å². The van der Waals surface area contributed by atoms with E-state index in [1.165, 1.54) is 18.6 Å². The van der Waals surface area contributed by atoms with E-state index in [0.29, 0.717) is 17.0 Å². The fourth-order valence-corrected chi connectivity index (χ4v) is 3.14. The summed E-state index contributed by atoms with van der Waals surface area (Å²) in [5.74, 6) is -0.0511. The van der Waals surface area contributed by atoms with Crippen LogP contribution >= 0.6 is 0 Å². The van der Waals surface area contributed by atoms with Gasteiger partial charge in [0.05, 0.1) is 5.69 Å². The summed E-state index contributed by atoms with van der Waals surface area (Å²) in [7, 11) is 0. The van der Waals surface area contributed by atoms with Crippen LogP contribution in [0.3, 0.4) is 0 Å². The SMILES string of the molecule is CC(C)(C)C1CCCC(Nc2cc(F)ccc2F)CC1. The van der Waals surface area contributed by atoms with Gasteiger partial charge in [-0.25, -0.2) is 8.78 Å². The van der Waals surface area contributed by atoms with Gasteiger partial charge in [0, 0.05) is 6.04 Å². The minimum Gasteiger partial charge on any atom is -0.380 e. The fourth-order valence-electron chi connectivity index (χ4n) is 3.14. The molecule has 2 atom stereocenters. The van der Waals surface area contributed by atoms with Gasteiger partial charge in [-0.2, -0.15) is 0 Å². The van der Waals surface area contributed by atoms with E-state index < -0.39 is 5.82 Å². The Morgan fingerprint density at radius 3 is 2.50 bits per heavy atom. The largest absolute Gasteiger partial charge is 0.380 e. The highest BCUT2D eigenvalue weighted by Gasteiger charge is 2.27. The summed E-state index contributed by atoms with van der Waals surface area (Å²) in [4.78, 5) is 0. The third-order valence-corrected chi connectivity index (χ3v) is 4.48. The average Bonchev–Trinajstić information content (AvgIpc) is 2.59. The number of nitrogens with one attached hydrogen (secondary N) is 1. The number of halogens is 2. The zero-order chi connectivity index (χ0) is 14.8. The Bertz CT molecular complexity index is 451. The van der Waals surface area contributed by atoms with Crippen molar-refractivity contribution in [2.45, 2.75) is 58.9 Å². The quantitative estimate of drug-likeness (QED) is 0.718. The molecule has 1 aromatic carbocycles. The maximum absolute atomic E-state index is 13.7. The van der Waals surface area contributed by atoms with Crippen LogP contribution in [0.25, 0.3) is 0 Å². The molecule has 0 spiro atoms. The lowest BCUT2D eigenvalue weighted by atomic mass is 9.76. The van der Waals surface area contributed by atoms with Crippen LogP contribution in [0, 0.1) is 23.0 Å². The third kappa shape index (κ3) is 3.94. The summed E-state index contributed by atoms with van der Waals surface area (Å²) in [5.41, 5.74) is 0.628.